The first-order valence-electron chi connectivity index (χ1n) is 7.81. The van der Waals surface area contributed by atoms with Crippen LogP contribution in [0.1, 0.15) is 37.4 Å². The quantitative estimate of drug-likeness (QED) is 0.894. The van der Waals surface area contributed by atoms with Gasteiger partial charge in [-0.05, 0) is 32.3 Å². The third-order valence-electron chi connectivity index (χ3n) is 4.27. The largest absolute Gasteiger partial charge is 0.377 e. The van der Waals surface area contributed by atoms with Gasteiger partial charge in [0.2, 0.25) is 0 Å². The Morgan fingerprint density at radius 2 is 2.30 bits per heavy atom. The van der Waals surface area contributed by atoms with Gasteiger partial charge in [0.1, 0.15) is 0 Å². The van der Waals surface area contributed by atoms with Gasteiger partial charge in [0.05, 0.1) is 19.3 Å². The van der Waals surface area contributed by atoms with E-state index in [2.05, 4.69) is 35.1 Å². The van der Waals surface area contributed by atoms with Crippen molar-refractivity contribution >= 4 is 5.69 Å². The number of nitrogens with zero attached hydrogens (tertiary/aromatic N) is 2. The Labute approximate surface area is 121 Å². The number of morpholine rings is 1. The maximum Gasteiger partial charge on any atom is 0.0670 e. The third-order valence-corrected chi connectivity index (χ3v) is 4.27. The minimum atomic E-state index is 0.491. The Hall–Kier alpha value is -1.13. The van der Waals surface area contributed by atoms with Gasteiger partial charge in [-0.2, -0.15) is 0 Å². The van der Waals surface area contributed by atoms with Gasteiger partial charge < -0.3 is 15.0 Å². The normalized spacial score (nSPS) is 23.1. The second-order valence-electron chi connectivity index (χ2n) is 5.94. The van der Waals surface area contributed by atoms with Crippen molar-refractivity contribution in [2.24, 2.45) is 0 Å². The summed E-state index contributed by atoms with van der Waals surface area (Å²) in [7, 11) is 0. The zero-order valence-electron chi connectivity index (χ0n) is 12.6. The fourth-order valence-corrected chi connectivity index (χ4v) is 2.83. The van der Waals surface area contributed by atoms with Crippen LogP contribution < -0.4 is 10.2 Å². The van der Waals surface area contributed by atoms with Crippen molar-refractivity contribution < 1.29 is 4.74 Å². The Morgan fingerprint density at radius 1 is 1.45 bits per heavy atom. The standard InChI is InChI=1S/C16H25N3O/c1-3-15-11-20-7-6-19(15)16-8-12(2)17-9-13(16)10-18-14-4-5-14/h8-9,14-15,18H,3-7,10-11H2,1-2H3. The molecular formula is C16H25N3O. The molecule has 1 atom stereocenters. The van der Waals surface area contributed by atoms with Crippen molar-refractivity contribution in [1.29, 1.82) is 0 Å². The van der Waals surface area contributed by atoms with Crippen LogP contribution in [0.2, 0.25) is 0 Å². The number of anilines is 1. The number of hydrogen-bond acceptors (Lipinski definition) is 4. The molecule has 0 radical (unpaired) electrons. The van der Waals surface area contributed by atoms with Crippen LogP contribution in [-0.4, -0.2) is 36.8 Å². The molecule has 0 bridgehead atoms. The Balaban J connectivity index is 1.82. The van der Waals surface area contributed by atoms with E-state index in [1.807, 2.05) is 6.20 Å². The van der Waals surface area contributed by atoms with Crippen LogP contribution in [0.15, 0.2) is 12.3 Å². The lowest BCUT2D eigenvalue weighted by Gasteiger charge is -2.38. The van der Waals surface area contributed by atoms with Crippen LogP contribution in [0.4, 0.5) is 5.69 Å². The minimum absolute atomic E-state index is 0.491. The third kappa shape index (κ3) is 3.13. The first kappa shape index (κ1) is 13.8. The van der Waals surface area contributed by atoms with E-state index in [1.54, 1.807) is 0 Å². The maximum absolute atomic E-state index is 5.63. The Morgan fingerprint density at radius 3 is 3.05 bits per heavy atom. The fraction of sp³-hybridized carbons (Fsp3) is 0.688. The van der Waals surface area contributed by atoms with E-state index < -0.39 is 0 Å². The molecular weight excluding hydrogens is 250 g/mol. The van der Waals surface area contributed by atoms with Crippen molar-refractivity contribution in [2.45, 2.75) is 51.7 Å². The van der Waals surface area contributed by atoms with Gasteiger partial charge in [-0.15, -0.1) is 0 Å². The molecule has 2 heterocycles. The van der Waals surface area contributed by atoms with Crippen molar-refractivity contribution in [3.05, 3.63) is 23.5 Å². The van der Waals surface area contributed by atoms with Gasteiger partial charge in [-0.1, -0.05) is 6.92 Å². The van der Waals surface area contributed by atoms with Gasteiger partial charge in [0, 0.05) is 42.3 Å². The summed E-state index contributed by atoms with van der Waals surface area (Å²) < 4.78 is 5.63. The summed E-state index contributed by atoms with van der Waals surface area (Å²) in [5.41, 5.74) is 3.76. The van der Waals surface area contributed by atoms with E-state index in [4.69, 9.17) is 4.74 Å². The van der Waals surface area contributed by atoms with Gasteiger partial charge in [-0.3, -0.25) is 4.98 Å². The number of nitrogens with one attached hydrogen (secondary N) is 1. The molecule has 2 fully saturated rings. The molecule has 2 aliphatic rings. The smallest absolute Gasteiger partial charge is 0.0670 e. The summed E-state index contributed by atoms with van der Waals surface area (Å²) in [6.45, 7) is 7.89. The molecule has 3 rings (SSSR count). The molecule has 1 aliphatic carbocycles. The average Bonchev–Trinajstić information content (AvgIpc) is 3.30. The summed E-state index contributed by atoms with van der Waals surface area (Å²) >= 11 is 0. The summed E-state index contributed by atoms with van der Waals surface area (Å²) in [4.78, 5) is 7.00. The predicted molar refractivity (Wildman–Crippen MR) is 81.1 cm³/mol. The lowest BCUT2D eigenvalue weighted by molar-refractivity contribution is 0.0929. The second kappa shape index (κ2) is 6.10. The lowest BCUT2D eigenvalue weighted by Crippen LogP contribution is -2.45. The average molecular weight is 275 g/mol. The molecule has 1 aromatic heterocycles. The number of aryl methyl sites for hydroxylation is 1. The predicted octanol–water partition coefficient (Wildman–Crippen LogP) is 2.26. The molecule has 1 unspecified atom stereocenters. The molecule has 4 nitrogen and oxygen atoms in total. The number of pyridine rings is 1. The molecule has 1 saturated carbocycles. The molecule has 4 heteroatoms. The molecule has 110 valence electrons. The molecule has 1 saturated heterocycles. The first-order chi connectivity index (χ1) is 9.78. The van der Waals surface area contributed by atoms with Gasteiger partial charge in [-0.25, -0.2) is 0 Å². The Bertz CT molecular complexity index is 459. The lowest BCUT2D eigenvalue weighted by atomic mass is 10.1. The van der Waals surface area contributed by atoms with Gasteiger partial charge >= 0.3 is 0 Å². The number of aromatic nitrogens is 1. The van der Waals surface area contributed by atoms with E-state index >= 15 is 0 Å². The molecule has 20 heavy (non-hydrogen) atoms. The summed E-state index contributed by atoms with van der Waals surface area (Å²) in [5.74, 6) is 0. The van der Waals surface area contributed by atoms with E-state index in [0.29, 0.717) is 6.04 Å². The summed E-state index contributed by atoms with van der Waals surface area (Å²) in [6, 6.07) is 3.46. The number of hydrogen-bond donors (Lipinski definition) is 1. The van der Waals surface area contributed by atoms with Crippen LogP contribution in [0.5, 0.6) is 0 Å². The van der Waals surface area contributed by atoms with Crippen LogP contribution >= 0.6 is 0 Å². The highest BCUT2D eigenvalue weighted by molar-refractivity contribution is 5.55. The highest BCUT2D eigenvalue weighted by Gasteiger charge is 2.25. The van der Waals surface area contributed by atoms with E-state index in [0.717, 1.165) is 44.5 Å². The first-order valence-corrected chi connectivity index (χ1v) is 7.81. The van der Waals surface area contributed by atoms with Crippen LogP contribution in [-0.2, 0) is 11.3 Å². The van der Waals surface area contributed by atoms with Crippen LogP contribution in [0.3, 0.4) is 0 Å². The number of ether oxygens (including phenoxy) is 1. The van der Waals surface area contributed by atoms with E-state index in [9.17, 15) is 0 Å². The van der Waals surface area contributed by atoms with Crippen molar-refractivity contribution in [2.75, 3.05) is 24.7 Å². The second-order valence-corrected chi connectivity index (χ2v) is 5.94. The highest BCUT2D eigenvalue weighted by Crippen LogP contribution is 2.27. The number of rotatable bonds is 5. The minimum Gasteiger partial charge on any atom is -0.377 e. The maximum atomic E-state index is 5.63. The zero-order valence-corrected chi connectivity index (χ0v) is 12.6. The molecule has 0 aromatic carbocycles. The SMILES string of the molecule is CCC1COCCN1c1cc(C)ncc1CNC1CC1. The topological polar surface area (TPSA) is 37.4 Å². The molecule has 0 amide bonds. The summed E-state index contributed by atoms with van der Waals surface area (Å²) in [6.07, 6.45) is 5.81. The van der Waals surface area contributed by atoms with Crippen LogP contribution in [0, 0.1) is 6.92 Å². The van der Waals surface area contributed by atoms with Gasteiger partial charge in [0.15, 0.2) is 0 Å². The molecule has 0 spiro atoms. The zero-order chi connectivity index (χ0) is 13.9. The van der Waals surface area contributed by atoms with Crippen molar-refractivity contribution in [3.8, 4) is 0 Å². The molecule has 1 aromatic rings. The van der Waals surface area contributed by atoms with Crippen LogP contribution in [0.25, 0.3) is 0 Å². The van der Waals surface area contributed by atoms with Crippen molar-refractivity contribution in [1.82, 2.24) is 10.3 Å². The molecule has 1 N–H and O–H groups in total. The van der Waals surface area contributed by atoms with E-state index in [-0.39, 0.29) is 0 Å². The Kier molecular flexibility index (Phi) is 4.22. The monoisotopic (exact) mass is 275 g/mol. The molecule has 1 aliphatic heterocycles. The highest BCUT2D eigenvalue weighted by atomic mass is 16.5. The fourth-order valence-electron chi connectivity index (χ4n) is 2.83. The van der Waals surface area contributed by atoms with Crippen molar-refractivity contribution in [3.63, 3.8) is 0 Å². The summed E-state index contributed by atoms with van der Waals surface area (Å²) in [5, 5.41) is 3.61. The van der Waals surface area contributed by atoms with E-state index in [1.165, 1.54) is 24.1 Å². The van der Waals surface area contributed by atoms with Gasteiger partial charge in [0.25, 0.3) is 0 Å².